The number of carboxylic acids is 1. The number of carboxylic acid groups (broad SMARTS) is 1. The lowest BCUT2D eigenvalue weighted by molar-refractivity contribution is 0.0697. The fourth-order valence-corrected chi connectivity index (χ4v) is 1.59. The minimum Gasteiger partial charge on any atom is -0.478 e. The minimum absolute atomic E-state index is 0.0121. The number of aromatic carboxylic acids is 1. The molecule has 7 heteroatoms. The molecule has 1 heterocycles. The summed E-state index contributed by atoms with van der Waals surface area (Å²) in [5.41, 5.74) is 5.52. The van der Waals surface area contributed by atoms with E-state index >= 15 is 0 Å². The maximum atomic E-state index is 11.9. The van der Waals surface area contributed by atoms with E-state index in [1.165, 1.54) is 36.7 Å². The number of amides is 1. The molecule has 0 fully saturated rings. The van der Waals surface area contributed by atoms with Crippen LogP contribution in [0, 0.1) is 0 Å². The molecule has 0 aliphatic heterocycles. The summed E-state index contributed by atoms with van der Waals surface area (Å²) in [5.74, 6) is -1.74. The zero-order valence-electron chi connectivity index (χ0n) is 10.2. The van der Waals surface area contributed by atoms with Gasteiger partial charge in [-0.1, -0.05) is 0 Å². The Labute approximate surface area is 113 Å². The van der Waals surface area contributed by atoms with Gasteiger partial charge in [-0.3, -0.25) is 9.59 Å². The standard InChI is InChI=1S/C13H11N3O4/c14-9-5-7(13(19)20)1-2-10(9)16-12(18)8-6-15-4-3-11(8)17/h1-6H,14H2,(H,15,17)(H,16,18)(H,19,20). The highest BCUT2D eigenvalue weighted by atomic mass is 16.4. The monoisotopic (exact) mass is 273 g/mol. The Morgan fingerprint density at radius 1 is 1.25 bits per heavy atom. The van der Waals surface area contributed by atoms with E-state index in [9.17, 15) is 14.4 Å². The molecule has 0 unspecified atom stereocenters. The van der Waals surface area contributed by atoms with Crippen molar-refractivity contribution in [1.29, 1.82) is 0 Å². The van der Waals surface area contributed by atoms with Crippen LogP contribution in [0.4, 0.5) is 11.4 Å². The summed E-state index contributed by atoms with van der Waals surface area (Å²) in [6.07, 6.45) is 2.69. The molecule has 0 aliphatic rings. The molecule has 20 heavy (non-hydrogen) atoms. The van der Waals surface area contributed by atoms with Gasteiger partial charge in [-0.15, -0.1) is 0 Å². The van der Waals surface area contributed by atoms with E-state index in [2.05, 4.69) is 10.3 Å². The normalized spacial score (nSPS) is 10.0. The Kier molecular flexibility index (Phi) is 3.52. The molecule has 2 rings (SSSR count). The third-order valence-electron chi connectivity index (χ3n) is 2.62. The highest BCUT2D eigenvalue weighted by molar-refractivity contribution is 6.05. The number of nitrogens with one attached hydrogen (secondary N) is 2. The summed E-state index contributed by atoms with van der Waals surface area (Å²) < 4.78 is 0. The van der Waals surface area contributed by atoms with Gasteiger partial charge in [-0.25, -0.2) is 4.79 Å². The summed E-state index contributed by atoms with van der Waals surface area (Å²) in [5, 5.41) is 11.3. The van der Waals surface area contributed by atoms with Gasteiger partial charge in [0.1, 0.15) is 5.56 Å². The average molecular weight is 273 g/mol. The first kappa shape index (κ1) is 13.3. The number of H-pyrrole nitrogens is 1. The van der Waals surface area contributed by atoms with E-state index < -0.39 is 17.3 Å². The molecule has 0 saturated heterocycles. The van der Waals surface area contributed by atoms with E-state index in [0.29, 0.717) is 0 Å². The highest BCUT2D eigenvalue weighted by Crippen LogP contribution is 2.20. The molecule has 0 bridgehead atoms. The molecule has 0 atom stereocenters. The number of aromatic nitrogens is 1. The van der Waals surface area contributed by atoms with Crippen molar-refractivity contribution >= 4 is 23.3 Å². The Bertz CT molecular complexity index is 736. The van der Waals surface area contributed by atoms with E-state index in [1.807, 2.05) is 0 Å². The zero-order chi connectivity index (χ0) is 14.7. The molecule has 0 spiro atoms. The maximum Gasteiger partial charge on any atom is 0.335 e. The first-order valence-corrected chi connectivity index (χ1v) is 5.60. The fourth-order valence-electron chi connectivity index (χ4n) is 1.59. The van der Waals surface area contributed by atoms with Gasteiger partial charge in [0.15, 0.2) is 5.43 Å². The van der Waals surface area contributed by atoms with Crippen molar-refractivity contribution in [3.63, 3.8) is 0 Å². The number of anilines is 2. The fraction of sp³-hybridized carbons (Fsp3) is 0. The Morgan fingerprint density at radius 2 is 2.00 bits per heavy atom. The predicted molar refractivity (Wildman–Crippen MR) is 72.8 cm³/mol. The Hall–Kier alpha value is -3.09. The second-order valence-corrected chi connectivity index (χ2v) is 3.98. The summed E-state index contributed by atoms with van der Waals surface area (Å²) in [6.45, 7) is 0. The van der Waals surface area contributed by atoms with Crippen LogP contribution in [-0.2, 0) is 0 Å². The van der Waals surface area contributed by atoms with Crippen molar-refractivity contribution in [1.82, 2.24) is 4.98 Å². The number of nitrogens with two attached hydrogens (primary N) is 1. The molecule has 1 aromatic heterocycles. The largest absolute Gasteiger partial charge is 0.478 e. The number of benzene rings is 1. The van der Waals surface area contributed by atoms with E-state index in [1.54, 1.807) is 0 Å². The second kappa shape index (κ2) is 5.27. The molecule has 0 saturated carbocycles. The summed E-state index contributed by atoms with van der Waals surface area (Å²) in [4.78, 5) is 36.8. The van der Waals surface area contributed by atoms with Gasteiger partial charge in [0.25, 0.3) is 5.91 Å². The van der Waals surface area contributed by atoms with Crippen molar-refractivity contribution in [2.24, 2.45) is 0 Å². The molecule has 2 aromatic rings. The Morgan fingerprint density at radius 3 is 2.60 bits per heavy atom. The van der Waals surface area contributed by atoms with Crippen molar-refractivity contribution in [3.05, 3.63) is 58.0 Å². The van der Waals surface area contributed by atoms with Crippen molar-refractivity contribution < 1.29 is 14.7 Å². The van der Waals surface area contributed by atoms with Crippen LogP contribution in [0.3, 0.4) is 0 Å². The van der Waals surface area contributed by atoms with Crippen LogP contribution < -0.4 is 16.5 Å². The lowest BCUT2D eigenvalue weighted by Crippen LogP contribution is -2.21. The van der Waals surface area contributed by atoms with Gasteiger partial charge in [0.05, 0.1) is 16.9 Å². The predicted octanol–water partition coefficient (Wildman–Crippen LogP) is 0.908. The van der Waals surface area contributed by atoms with Gasteiger partial charge >= 0.3 is 5.97 Å². The molecule has 0 aliphatic carbocycles. The number of carbonyl (C=O) groups excluding carboxylic acids is 1. The number of hydrogen-bond acceptors (Lipinski definition) is 4. The SMILES string of the molecule is Nc1cc(C(=O)O)ccc1NC(=O)c1c[nH]ccc1=O. The first-order valence-electron chi connectivity index (χ1n) is 5.60. The molecule has 0 radical (unpaired) electrons. The number of carbonyl (C=O) groups is 2. The Balaban J connectivity index is 2.27. The number of aromatic amines is 1. The third kappa shape index (κ3) is 2.66. The molecule has 1 aromatic carbocycles. The number of hydrogen-bond donors (Lipinski definition) is 4. The van der Waals surface area contributed by atoms with Crippen LogP contribution in [0.5, 0.6) is 0 Å². The van der Waals surface area contributed by atoms with Crippen LogP contribution >= 0.6 is 0 Å². The van der Waals surface area contributed by atoms with Gasteiger partial charge in [-0.2, -0.15) is 0 Å². The lowest BCUT2D eigenvalue weighted by atomic mass is 10.1. The van der Waals surface area contributed by atoms with E-state index in [-0.39, 0.29) is 22.5 Å². The zero-order valence-corrected chi connectivity index (χ0v) is 10.2. The number of pyridine rings is 1. The summed E-state index contributed by atoms with van der Waals surface area (Å²) >= 11 is 0. The second-order valence-electron chi connectivity index (χ2n) is 3.98. The molecule has 1 amide bonds. The van der Waals surface area contributed by atoms with Crippen molar-refractivity contribution in [2.45, 2.75) is 0 Å². The summed E-state index contributed by atoms with van der Waals surface area (Å²) in [6, 6.07) is 5.14. The van der Waals surface area contributed by atoms with Crippen LogP contribution in [-0.4, -0.2) is 22.0 Å². The van der Waals surface area contributed by atoms with Crippen molar-refractivity contribution in [2.75, 3.05) is 11.1 Å². The van der Waals surface area contributed by atoms with Gasteiger partial charge in [0, 0.05) is 18.5 Å². The molecule has 102 valence electrons. The van der Waals surface area contributed by atoms with E-state index in [4.69, 9.17) is 10.8 Å². The smallest absolute Gasteiger partial charge is 0.335 e. The molecular weight excluding hydrogens is 262 g/mol. The highest BCUT2D eigenvalue weighted by Gasteiger charge is 2.12. The molecular formula is C13H11N3O4. The topological polar surface area (TPSA) is 125 Å². The van der Waals surface area contributed by atoms with Gasteiger partial charge in [0.2, 0.25) is 0 Å². The molecule has 7 nitrogen and oxygen atoms in total. The quantitative estimate of drug-likeness (QED) is 0.618. The van der Waals surface area contributed by atoms with Crippen LogP contribution in [0.25, 0.3) is 0 Å². The van der Waals surface area contributed by atoms with Gasteiger partial charge < -0.3 is 21.1 Å². The van der Waals surface area contributed by atoms with E-state index in [0.717, 1.165) is 0 Å². The molecule has 5 N–H and O–H groups in total. The number of rotatable bonds is 3. The lowest BCUT2D eigenvalue weighted by Gasteiger charge is -2.08. The van der Waals surface area contributed by atoms with Crippen LogP contribution in [0.2, 0.25) is 0 Å². The van der Waals surface area contributed by atoms with Crippen LogP contribution in [0.1, 0.15) is 20.7 Å². The maximum absolute atomic E-state index is 11.9. The summed E-state index contributed by atoms with van der Waals surface area (Å²) in [7, 11) is 0. The minimum atomic E-state index is -1.12. The average Bonchev–Trinajstić information content (AvgIpc) is 2.41. The first-order chi connectivity index (χ1) is 9.49. The third-order valence-corrected chi connectivity index (χ3v) is 2.62. The van der Waals surface area contributed by atoms with Crippen molar-refractivity contribution in [3.8, 4) is 0 Å². The van der Waals surface area contributed by atoms with Crippen LogP contribution in [0.15, 0.2) is 41.5 Å². The number of nitrogen functional groups attached to an aromatic ring is 1. The van der Waals surface area contributed by atoms with Gasteiger partial charge in [-0.05, 0) is 18.2 Å².